The van der Waals surface area contributed by atoms with E-state index in [0.29, 0.717) is 6.54 Å². The molecule has 1 saturated heterocycles. The predicted octanol–water partition coefficient (Wildman–Crippen LogP) is 2.66. The number of thiophene rings is 1. The lowest BCUT2D eigenvalue weighted by Crippen LogP contribution is -2.22. The third kappa shape index (κ3) is 2.64. The van der Waals surface area contributed by atoms with Gasteiger partial charge in [0.15, 0.2) is 0 Å². The topological polar surface area (TPSA) is 40.5 Å². The Kier molecular flexibility index (Phi) is 3.66. The summed E-state index contributed by atoms with van der Waals surface area (Å²) in [7, 11) is 0. The lowest BCUT2D eigenvalue weighted by molar-refractivity contribution is -0.142. The van der Waals surface area contributed by atoms with Gasteiger partial charge in [0.1, 0.15) is 0 Å². The van der Waals surface area contributed by atoms with Gasteiger partial charge >= 0.3 is 5.97 Å². The van der Waals surface area contributed by atoms with Crippen molar-refractivity contribution in [3.8, 4) is 0 Å². The first kappa shape index (κ1) is 12.1. The molecule has 1 fully saturated rings. The molecule has 0 radical (unpaired) electrons. The van der Waals surface area contributed by atoms with E-state index in [9.17, 15) is 4.79 Å². The number of carboxylic acids is 1. The second-order valence-corrected chi connectivity index (χ2v) is 6.26. The highest BCUT2D eigenvalue weighted by atomic mass is 79.9. The number of nitrogens with zero attached hydrogens (tertiary/aromatic N) is 1. The quantitative estimate of drug-likeness (QED) is 0.933. The number of halogens is 1. The molecular weight excluding hydrogens is 290 g/mol. The van der Waals surface area contributed by atoms with Crippen LogP contribution in [-0.4, -0.2) is 29.1 Å². The minimum atomic E-state index is -0.664. The molecule has 2 unspecified atom stereocenters. The maximum atomic E-state index is 11.0. The van der Waals surface area contributed by atoms with Gasteiger partial charge in [-0.1, -0.05) is 6.92 Å². The molecule has 0 amide bonds. The van der Waals surface area contributed by atoms with Gasteiger partial charge in [-0.2, -0.15) is 0 Å². The van der Waals surface area contributed by atoms with Gasteiger partial charge in [-0.05, 0) is 27.9 Å². The van der Waals surface area contributed by atoms with Gasteiger partial charge in [0.25, 0.3) is 0 Å². The molecule has 2 atom stereocenters. The van der Waals surface area contributed by atoms with Gasteiger partial charge in [0.05, 0.1) is 5.92 Å². The average Bonchev–Trinajstić information content (AvgIpc) is 2.73. The largest absolute Gasteiger partial charge is 0.481 e. The molecule has 1 aromatic heterocycles. The molecular formula is C11H14BrNO2S. The van der Waals surface area contributed by atoms with Crippen LogP contribution in [0.25, 0.3) is 0 Å². The van der Waals surface area contributed by atoms with Crippen LogP contribution in [-0.2, 0) is 11.3 Å². The number of aliphatic carboxylic acids is 1. The number of hydrogen-bond donors (Lipinski definition) is 1. The fourth-order valence-corrected chi connectivity index (χ4v) is 3.67. The monoisotopic (exact) mass is 303 g/mol. The first-order chi connectivity index (χ1) is 7.56. The highest BCUT2D eigenvalue weighted by Crippen LogP contribution is 2.27. The van der Waals surface area contributed by atoms with Crippen LogP contribution in [0.1, 0.15) is 11.8 Å². The minimum Gasteiger partial charge on any atom is -0.481 e. The fourth-order valence-electron chi connectivity index (χ4n) is 2.17. The molecule has 2 heterocycles. The van der Waals surface area contributed by atoms with Gasteiger partial charge < -0.3 is 5.11 Å². The Balaban J connectivity index is 1.96. The van der Waals surface area contributed by atoms with E-state index in [0.717, 1.165) is 17.6 Å². The van der Waals surface area contributed by atoms with Crippen LogP contribution in [0.5, 0.6) is 0 Å². The Morgan fingerprint density at radius 2 is 2.44 bits per heavy atom. The maximum Gasteiger partial charge on any atom is 0.308 e. The van der Waals surface area contributed by atoms with Crippen LogP contribution in [0, 0.1) is 11.8 Å². The predicted molar refractivity (Wildman–Crippen MR) is 67.6 cm³/mol. The number of likely N-dealkylation sites (tertiary alicyclic amines) is 1. The summed E-state index contributed by atoms with van der Waals surface area (Å²) in [6, 6.07) is 2.10. The van der Waals surface area contributed by atoms with E-state index >= 15 is 0 Å². The zero-order chi connectivity index (χ0) is 11.7. The number of carboxylic acid groups (broad SMARTS) is 1. The highest BCUT2D eigenvalue weighted by Gasteiger charge is 2.34. The molecule has 1 aliphatic rings. The fraction of sp³-hybridized carbons (Fsp3) is 0.545. The normalized spacial score (nSPS) is 26.1. The molecule has 1 aliphatic heterocycles. The number of rotatable bonds is 3. The van der Waals surface area contributed by atoms with Crippen molar-refractivity contribution in [2.75, 3.05) is 13.1 Å². The van der Waals surface area contributed by atoms with Gasteiger partial charge in [-0.25, -0.2) is 0 Å². The third-order valence-electron chi connectivity index (χ3n) is 3.01. The first-order valence-electron chi connectivity index (χ1n) is 5.24. The summed E-state index contributed by atoms with van der Waals surface area (Å²) in [5.74, 6) is -0.619. The summed E-state index contributed by atoms with van der Waals surface area (Å²) in [5, 5.41) is 11.1. The molecule has 16 heavy (non-hydrogen) atoms. The standard InChI is InChI=1S/C11H14BrNO2S/c1-7-3-13(5-10(7)11(14)15)4-9-2-8(12)6-16-9/h2,6-7,10H,3-5H2,1H3,(H,14,15). The lowest BCUT2D eigenvalue weighted by atomic mass is 9.99. The molecule has 5 heteroatoms. The van der Waals surface area contributed by atoms with E-state index in [4.69, 9.17) is 5.11 Å². The van der Waals surface area contributed by atoms with Crippen LogP contribution in [0.3, 0.4) is 0 Å². The van der Waals surface area contributed by atoms with E-state index in [1.807, 2.05) is 6.92 Å². The lowest BCUT2D eigenvalue weighted by Gasteiger charge is -2.13. The smallest absolute Gasteiger partial charge is 0.308 e. The van der Waals surface area contributed by atoms with E-state index in [1.54, 1.807) is 11.3 Å². The van der Waals surface area contributed by atoms with Crippen LogP contribution in [0.4, 0.5) is 0 Å². The molecule has 3 nitrogen and oxygen atoms in total. The Hall–Kier alpha value is -0.390. The summed E-state index contributed by atoms with van der Waals surface area (Å²) < 4.78 is 1.11. The summed E-state index contributed by atoms with van der Waals surface area (Å²) in [4.78, 5) is 14.5. The minimum absolute atomic E-state index is 0.205. The molecule has 0 saturated carbocycles. The molecule has 0 aromatic carbocycles. The zero-order valence-corrected chi connectivity index (χ0v) is 11.4. The highest BCUT2D eigenvalue weighted by molar-refractivity contribution is 9.10. The van der Waals surface area contributed by atoms with Crippen LogP contribution in [0.2, 0.25) is 0 Å². The van der Waals surface area contributed by atoms with E-state index in [-0.39, 0.29) is 11.8 Å². The molecule has 0 bridgehead atoms. The first-order valence-corrected chi connectivity index (χ1v) is 6.91. The van der Waals surface area contributed by atoms with Crippen molar-refractivity contribution in [2.24, 2.45) is 11.8 Å². The SMILES string of the molecule is CC1CN(Cc2cc(Br)cs2)CC1C(=O)O. The number of hydrogen-bond acceptors (Lipinski definition) is 3. The Morgan fingerprint density at radius 1 is 1.69 bits per heavy atom. The van der Waals surface area contributed by atoms with Gasteiger partial charge in [0.2, 0.25) is 0 Å². The molecule has 1 aromatic rings. The van der Waals surface area contributed by atoms with Gasteiger partial charge in [-0.15, -0.1) is 11.3 Å². The van der Waals surface area contributed by atoms with Crippen LogP contribution < -0.4 is 0 Å². The van der Waals surface area contributed by atoms with E-state index < -0.39 is 5.97 Å². The second kappa shape index (κ2) is 4.85. The van der Waals surface area contributed by atoms with Crippen LogP contribution >= 0.6 is 27.3 Å². The van der Waals surface area contributed by atoms with Crippen molar-refractivity contribution in [1.29, 1.82) is 0 Å². The van der Waals surface area contributed by atoms with Crippen molar-refractivity contribution in [1.82, 2.24) is 4.90 Å². The van der Waals surface area contributed by atoms with E-state index in [1.165, 1.54) is 4.88 Å². The average molecular weight is 304 g/mol. The molecule has 2 rings (SSSR count). The van der Waals surface area contributed by atoms with Gasteiger partial charge in [-0.3, -0.25) is 9.69 Å². The molecule has 88 valence electrons. The van der Waals surface area contributed by atoms with E-state index in [2.05, 4.69) is 32.3 Å². The van der Waals surface area contributed by atoms with Crippen molar-refractivity contribution in [3.05, 3.63) is 20.8 Å². The third-order valence-corrected chi connectivity index (χ3v) is 4.69. The summed E-state index contributed by atoms with van der Waals surface area (Å²) >= 11 is 5.14. The van der Waals surface area contributed by atoms with Crippen molar-refractivity contribution in [2.45, 2.75) is 13.5 Å². The Morgan fingerprint density at radius 3 is 2.94 bits per heavy atom. The van der Waals surface area contributed by atoms with Crippen molar-refractivity contribution >= 4 is 33.2 Å². The maximum absolute atomic E-state index is 11.0. The zero-order valence-electron chi connectivity index (χ0n) is 9.02. The Bertz CT molecular complexity index is 393. The van der Waals surface area contributed by atoms with Crippen molar-refractivity contribution < 1.29 is 9.90 Å². The summed E-state index contributed by atoms with van der Waals surface area (Å²) in [6.07, 6.45) is 0. The molecule has 1 N–H and O–H groups in total. The van der Waals surface area contributed by atoms with Gasteiger partial charge in [0, 0.05) is 34.4 Å². The van der Waals surface area contributed by atoms with Crippen LogP contribution in [0.15, 0.2) is 15.9 Å². The Labute approximate surface area is 107 Å². The molecule has 0 spiro atoms. The summed E-state index contributed by atoms with van der Waals surface area (Å²) in [6.45, 7) is 4.44. The van der Waals surface area contributed by atoms with Crippen molar-refractivity contribution in [3.63, 3.8) is 0 Å². The second-order valence-electron chi connectivity index (χ2n) is 4.35. The molecule has 0 aliphatic carbocycles. The summed E-state index contributed by atoms with van der Waals surface area (Å²) in [5.41, 5.74) is 0. The number of carbonyl (C=O) groups is 1.